The van der Waals surface area contributed by atoms with E-state index in [2.05, 4.69) is 41.3 Å². The largest absolute Gasteiger partial charge is 0.312 e. The summed E-state index contributed by atoms with van der Waals surface area (Å²) in [6, 6.07) is 8.95. The minimum Gasteiger partial charge on any atom is -0.312 e. The van der Waals surface area contributed by atoms with Crippen LogP contribution in [0.4, 0.5) is 0 Å². The molecule has 1 aromatic carbocycles. The lowest BCUT2D eigenvalue weighted by Crippen LogP contribution is -2.54. The van der Waals surface area contributed by atoms with Crippen LogP contribution in [0.1, 0.15) is 11.6 Å². The summed E-state index contributed by atoms with van der Waals surface area (Å²) in [6.45, 7) is 3.33. The van der Waals surface area contributed by atoms with Crippen LogP contribution >= 0.6 is 11.6 Å². The number of hydrogen-bond acceptors (Lipinski definition) is 3. The Bertz CT molecular complexity index is 396. The van der Waals surface area contributed by atoms with Gasteiger partial charge in [0.15, 0.2) is 0 Å². The quantitative estimate of drug-likeness (QED) is 0.902. The highest BCUT2D eigenvalue weighted by Crippen LogP contribution is 2.25. The molecule has 1 N–H and O–H groups in total. The first-order valence-corrected chi connectivity index (χ1v) is 6.81. The van der Waals surface area contributed by atoms with Crippen molar-refractivity contribution in [2.75, 3.05) is 40.8 Å². The Morgan fingerprint density at radius 2 is 2.11 bits per heavy atom. The van der Waals surface area contributed by atoms with E-state index in [1.807, 2.05) is 19.2 Å². The zero-order valence-corrected chi connectivity index (χ0v) is 12.1. The molecule has 18 heavy (non-hydrogen) atoms. The molecule has 3 nitrogen and oxygen atoms in total. The maximum Gasteiger partial charge on any atom is 0.0488 e. The van der Waals surface area contributed by atoms with E-state index >= 15 is 0 Å². The Hall–Kier alpha value is -0.610. The van der Waals surface area contributed by atoms with Crippen LogP contribution in [0, 0.1) is 0 Å². The van der Waals surface area contributed by atoms with Gasteiger partial charge in [-0.25, -0.2) is 0 Å². The molecule has 4 heteroatoms. The van der Waals surface area contributed by atoms with Gasteiger partial charge in [-0.15, -0.1) is 0 Å². The van der Waals surface area contributed by atoms with Gasteiger partial charge in [0.05, 0.1) is 0 Å². The van der Waals surface area contributed by atoms with Gasteiger partial charge < -0.3 is 10.2 Å². The summed E-state index contributed by atoms with van der Waals surface area (Å²) in [5.74, 6) is 0. The minimum absolute atomic E-state index is 0.316. The summed E-state index contributed by atoms with van der Waals surface area (Å²) in [4.78, 5) is 4.82. The fourth-order valence-corrected chi connectivity index (χ4v) is 2.88. The number of halogens is 1. The maximum absolute atomic E-state index is 6.10. The van der Waals surface area contributed by atoms with Crippen LogP contribution in [0.3, 0.4) is 0 Å². The second kappa shape index (κ2) is 6.02. The Morgan fingerprint density at radius 1 is 1.33 bits per heavy atom. The van der Waals surface area contributed by atoms with Crippen molar-refractivity contribution >= 4 is 11.6 Å². The smallest absolute Gasteiger partial charge is 0.0488 e. The molecule has 0 aromatic heterocycles. The van der Waals surface area contributed by atoms with Gasteiger partial charge in [0.2, 0.25) is 0 Å². The highest BCUT2D eigenvalue weighted by Gasteiger charge is 2.29. The van der Waals surface area contributed by atoms with Crippen LogP contribution in [0.2, 0.25) is 5.02 Å². The predicted octanol–water partition coefficient (Wildman–Crippen LogP) is 1.85. The van der Waals surface area contributed by atoms with Gasteiger partial charge >= 0.3 is 0 Å². The SMILES string of the molecule is CNC(c1cccc(Cl)c1)C1CN(C)CCN1C. The monoisotopic (exact) mass is 267 g/mol. The second-order valence-corrected chi connectivity index (χ2v) is 5.57. The summed E-state index contributed by atoms with van der Waals surface area (Å²) < 4.78 is 0. The number of hydrogen-bond donors (Lipinski definition) is 1. The van der Waals surface area contributed by atoms with E-state index in [9.17, 15) is 0 Å². The van der Waals surface area contributed by atoms with Gasteiger partial charge in [-0.1, -0.05) is 23.7 Å². The van der Waals surface area contributed by atoms with Crippen LogP contribution in [0.15, 0.2) is 24.3 Å². The van der Waals surface area contributed by atoms with Crippen molar-refractivity contribution in [3.8, 4) is 0 Å². The van der Waals surface area contributed by atoms with E-state index < -0.39 is 0 Å². The molecule has 0 aliphatic carbocycles. The van der Waals surface area contributed by atoms with Gasteiger partial charge in [0.25, 0.3) is 0 Å². The number of piperazine rings is 1. The van der Waals surface area contributed by atoms with E-state index in [0.29, 0.717) is 12.1 Å². The molecule has 1 aromatic rings. The van der Waals surface area contributed by atoms with Crippen molar-refractivity contribution in [3.05, 3.63) is 34.9 Å². The molecule has 0 amide bonds. The molecule has 0 spiro atoms. The van der Waals surface area contributed by atoms with Gasteiger partial charge in [-0.2, -0.15) is 0 Å². The summed E-state index contributed by atoms with van der Waals surface area (Å²) in [5.41, 5.74) is 1.26. The lowest BCUT2D eigenvalue weighted by Gasteiger charge is -2.42. The molecule has 1 saturated heterocycles. The number of benzene rings is 1. The first kappa shape index (κ1) is 13.8. The van der Waals surface area contributed by atoms with Gasteiger partial charge in [-0.05, 0) is 38.8 Å². The Balaban J connectivity index is 2.21. The molecule has 2 rings (SSSR count). The number of rotatable bonds is 3. The number of nitrogens with one attached hydrogen (secondary N) is 1. The summed E-state index contributed by atoms with van der Waals surface area (Å²) in [6.07, 6.45) is 0. The zero-order chi connectivity index (χ0) is 13.1. The third-order valence-electron chi connectivity index (χ3n) is 3.80. The third-order valence-corrected chi connectivity index (χ3v) is 4.04. The molecule has 100 valence electrons. The highest BCUT2D eigenvalue weighted by molar-refractivity contribution is 6.30. The van der Waals surface area contributed by atoms with Crippen molar-refractivity contribution in [1.29, 1.82) is 0 Å². The molecular weight excluding hydrogens is 246 g/mol. The van der Waals surface area contributed by atoms with Crippen molar-refractivity contribution < 1.29 is 0 Å². The molecule has 1 heterocycles. The standard InChI is InChI=1S/C14H22ClN3/c1-16-14(11-5-4-6-12(15)9-11)13-10-17(2)7-8-18(13)3/h4-6,9,13-14,16H,7-8,10H2,1-3H3. The van der Waals surface area contributed by atoms with Gasteiger partial charge in [0.1, 0.15) is 0 Å². The first-order chi connectivity index (χ1) is 8.61. The Labute approximate surface area is 115 Å². The highest BCUT2D eigenvalue weighted by atomic mass is 35.5. The fourth-order valence-electron chi connectivity index (χ4n) is 2.69. The number of nitrogens with zero attached hydrogens (tertiary/aromatic N) is 2. The maximum atomic E-state index is 6.10. The van der Waals surface area contributed by atoms with Crippen LogP contribution in [0.25, 0.3) is 0 Å². The van der Waals surface area contributed by atoms with Crippen molar-refractivity contribution in [2.45, 2.75) is 12.1 Å². The summed E-state index contributed by atoms with van der Waals surface area (Å²) in [5, 5.41) is 4.24. The molecule has 0 bridgehead atoms. The molecule has 2 atom stereocenters. The molecule has 1 aliphatic rings. The van der Waals surface area contributed by atoms with Gasteiger partial charge in [0, 0.05) is 36.7 Å². The Morgan fingerprint density at radius 3 is 2.78 bits per heavy atom. The summed E-state index contributed by atoms with van der Waals surface area (Å²) in [7, 11) is 6.41. The van der Waals surface area contributed by atoms with Gasteiger partial charge in [-0.3, -0.25) is 4.90 Å². The summed E-state index contributed by atoms with van der Waals surface area (Å²) >= 11 is 6.10. The molecular formula is C14H22ClN3. The Kier molecular flexibility index (Phi) is 4.62. The molecule has 2 unspecified atom stereocenters. The van der Waals surface area contributed by atoms with Crippen molar-refractivity contribution in [2.24, 2.45) is 0 Å². The molecule has 1 aliphatic heterocycles. The lowest BCUT2D eigenvalue weighted by atomic mass is 9.96. The van der Waals surface area contributed by atoms with E-state index in [1.54, 1.807) is 0 Å². The minimum atomic E-state index is 0.316. The molecule has 0 radical (unpaired) electrons. The van der Waals surface area contributed by atoms with E-state index in [1.165, 1.54) is 5.56 Å². The lowest BCUT2D eigenvalue weighted by molar-refractivity contribution is 0.0897. The predicted molar refractivity (Wildman–Crippen MR) is 77.2 cm³/mol. The average molecular weight is 268 g/mol. The van der Waals surface area contributed by atoms with E-state index in [-0.39, 0.29) is 0 Å². The average Bonchev–Trinajstić information content (AvgIpc) is 2.35. The third kappa shape index (κ3) is 3.04. The molecule has 1 fully saturated rings. The topological polar surface area (TPSA) is 18.5 Å². The second-order valence-electron chi connectivity index (χ2n) is 5.13. The van der Waals surface area contributed by atoms with Crippen LogP contribution < -0.4 is 5.32 Å². The number of likely N-dealkylation sites (N-methyl/N-ethyl adjacent to an activating group) is 3. The normalized spacial score (nSPS) is 24.1. The van der Waals surface area contributed by atoms with E-state index in [0.717, 1.165) is 24.7 Å². The van der Waals surface area contributed by atoms with Crippen LogP contribution in [-0.2, 0) is 0 Å². The zero-order valence-electron chi connectivity index (χ0n) is 11.4. The van der Waals surface area contributed by atoms with Crippen molar-refractivity contribution in [1.82, 2.24) is 15.1 Å². The van der Waals surface area contributed by atoms with Crippen LogP contribution in [-0.4, -0.2) is 56.6 Å². The van der Waals surface area contributed by atoms with Crippen LogP contribution in [0.5, 0.6) is 0 Å². The van der Waals surface area contributed by atoms with Crippen molar-refractivity contribution in [3.63, 3.8) is 0 Å². The fraction of sp³-hybridized carbons (Fsp3) is 0.571. The van der Waals surface area contributed by atoms with E-state index in [4.69, 9.17) is 11.6 Å². The molecule has 0 saturated carbocycles. The first-order valence-electron chi connectivity index (χ1n) is 6.43.